The molecule has 2 aliphatic rings. The van der Waals surface area contributed by atoms with Crippen LogP contribution in [0.1, 0.15) is 38.5 Å². The van der Waals surface area contributed by atoms with Crippen LogP contribution >= 0.6 is 0 Å². The number of rotatable bonds is 3. The number of amides is 2. The minimum atomic E-state index is -0.417. The number of nitrogens with two attached hydrogens (primary N) is 1. The predicted octanol–water partition coefficient (Wildman–Crippen LogP) is -0.157. The zero-order valence-electron chi connectivity index (χ0n) is 11.4. The molecular weight excluding hydrogens is 244 g/mol. The lowest BCUT2D eigenvalue weighted by atomic mass is 9.94. The molecule has 19 heavy (non-hydrogen) atoms. The molecule has 2 amide bonds. The number of carbonyl (C=O) groups excluding carboxylic acids is 2. The zero-order valence-corrected chi connectivity index (χ0v) is 11.4. The maximum absolute atomic E-state index is 11.8. The van der Waals surface area contributed by atoms with E-state index in [4.69, 9.17) is 5.84 Å². The van der Waals surface area contributed by atoms with E-state index in [1.807, 2.05) is 5.43 Å². The fraction of sp³-hybridized carbons (Fsp3) is 0.846. The summed E-state index contributed by atoms with van der Waals surface area (Å²) >= 11 is 0. The summed E-state index contributed by atoms with van der Waals surface area (Å²) in [6.07, 6.45) is 6.48. The summed E-state index contributed by atoms with van der Waals surface area (Å²) in [7, 11) is 0. The number of hydrogen-bond acceptors (Lipinski definition) is 4. The molecule has 0 aromatic rings. The van der Waals surface area contributed by atoms with Gasteiger partial charge in [0.15, 0.2) is 0 Å². The Balaban J connectivity index is 1.75. The lowest BCUT2D eigenvalue weighted by Crippen LogP contribution is -2.53. The Morgan fingerprint density at radius 2 is 1.68 bits per heavy atom. The summed E-state index contributed by atoms with van der Waals surface area (Å²) in [6, 6.07) is 0.707. The van der Waals surface area contributed by atoms with Gasteiger partial charge in [0.05, 0.1) is 0 Å². The Labute approximate surface area is 114 Å². The van der Waals surface area contributed by atoms with Crippen molar-refractivity contribution in [3.8, 4) is 0 Å². The largest absolute Gasteiger partial charge is 0.340 e. The highest BCUT2D eigenvalue weighted by atomic mass is 16.2. The quantitative estimate of drug-likeness (QED) is 0.323. The van der Waals surface area contributed by atoms with Crippen molar-refractivity contribution in [3.63, 3.8) is 0 Å². The van der Waals surface area contributed by atoms with Crippen molar-refractivity contribution in [2.45, 2.75) is 44.6 Å². The Morgan fingerprint density at radius 3 is 2.26 bits per heavy atom. The van der Waals surface area contributed by atoms with Gasteiger partial charge >= 0.3 is 0 Å². The minimum absolute atomic E-state index is 0.119. The molecular formula is C13H24N4O2. The number of carbonyl (C=O) groups is 2. The van der Waals surface area contributed by atoms with E-state index in [0.29, 0.717) is 6.04 Å². The standard InChI is InChI=1S/C13H24N4O2/c14-15-12(18)10-13(19)17-8-6-16(7-9-17)11-4-2-1-3-5-11/h11H,1-10,14H2,(H,15,18). The molecule has 6 heteroatoms. The van der Waals surface area contributed by atoms with Crippen LogP contribution in [0.2, 0.25) is 0 Å². The monoisotopic (exact) mass is 268 g/mol. The van der Waals surface area contributed by atoms with Crippen LogP contribution in [0.4, 0.5) is 0 Å². The number of hydrogen-bond donors (Lipinski definition) is 2. The van der Waals surface area contributed by atoms with E-state index in [2.05, 4.69) is 4.90 Å². The van der Waals surface area contributed by atoms with E-state index in [1.165, 1.54) is 32.1 Å². The second-order valence-electron chi connectivity index (χ2n) is 5.45. The van der Waals surface area contributed by atoms with E-state index >= 15 is 0 Å². The predicted molar refractivity (Wildman–Crippen MR) is 72.0 cm³/mol. The first-order valence-corrected chi connectivity index (χ1v) is 7.22. The van der Waals surface area contributed by atoms with Crippen LogP contribution in [0.25, 0.3) is 0 Å². The molecule has 1 saturated heterocycles. The molecule has 3 N–H and O–H groups in total. The smallest absolute Gasteiger partial charge is 0.243 e. The third kappa shape index (κ3) is 3.91. The van der Waals surface area contributed by atoms with Gasteiger partial charge in [-0.3, -0.25) is 19.9 Å². The Morgan fingerprint density at radius 1 is 1.05 bits per heavy atom. The average molecular weight is 268 g/mol. The molecule has 0 spiro atoms. The molecule has 0 atom stereocenters. The van der Waals surface area contributed by atoms with Gasteiger partial charge in [-0.1, -0.05) is 19.3 Å². The van der Waals surface area contributed by atoms with Gasteiger partial charge in [-0.05, 0) is 12.8 Å². The van der Waals surface area contributed by atoms with E-state index in [9.17, 15) is 9.59 Å². The van der Waals surface area contributed by atoms with Crippen molar-refractivity contribution in [2.24, 2.45) is 5.84 Å². The summed E-state index contributed by atoms with van der Waals surface area (Å²) in [5.74, 6) is 4.45. The molecule has 1 aliphatic carbocycles. The highest BCUT2D eigenvalue weighted by Gasteiger charge is 2.27. The van der Waals surface area contributed by atoms with Gasteiger partial charge in [0.1, 0.15) is 6.42 Å². The highest BCUT2D eigenvalue weighted by molar-refractivity contribution is 5.96. The number of nitrogens with zero attached hydrogens (tertiary/aromatic N) is 2. The van der Waals surface area contributed by atoms with Gasteiger partial charge in [-0.25, -0.2) is 5.84 Å². The Bertz CT molecular complexity index is 321. The van der Waals surface area contributed by atoms with E-state index in [-0.39, 0.29) is 12.3 Å². The topological polar surface area (TPSA) is 78.7 Å². The van der Waals surface area contributed by atoms with Gasteiger partial charge in [0, 0.05) is 32.2 Å². The fourth-order valence-corrected chi connectivity index (χ4v) is 3.08. The van der Waals surface area contributed by atoms with Crippen LogP contribution in [0.5, 0.6) is 0 Å². The minimum Gasteiger partial charge on any atom is -0.340 e. The van der Waals surface area contributed by atoms with Crippen molar-refractivity contribution in [1.82, 2.24) is 15.2 Å². The van der Waals surface area contributed by atoms with Gasteiger partial charge in [0.25, 0.3) is 0 Å². The van der Waals surface area contributed by atoms with Gasteiger partial charge in [-0.2, -0.15) is 0 Å². The normalized spacial score (nSPS) is 22.3. The maximum atomic E-state index is 11.8. The lowest BCUT2D eigenvalue weighted by Gasteiger charge is -2.40. The zero-order chi connectivity index (χ0) is 13.7. The second-order valence-corrected chi connectivity index (χ2v) is 5.45. The van der Waals surface area contributed by atoms with Gasteiger partial charge in [0.2, 0.25) is 11.8 Å². The molecule has 0 radical (unpaired) electrons. The van der Waals surface area contributed by atoms with E-state index < -0.39 is 5.91 Å². The molecule has 1 heterocycles. The Hall–Kier alpha value is -1.14. The van der Waals surface area contributed by atoms with Crippen molar-refractivity contribution in [3.05, 3.63) is 0 Å². The summed E-state index contributed by atoms with van der Waals surface area (Å²) in [4.78, 5) is 27.2. The van der Waals surface area contributed by atoms with Gasteiger partial charge in [-0.15, -0.1) is 0 Å². The molecule has 2 rings (SSSR count). The molecule has 1 aliphatic heterocycles. The summed E-state index contributed by atoms with van der Waals surface area (Å²) in [5.41, 5.74) is 2.00. The van der Waals surface area contributed by atoms with Crippen LogP contribution in [-0.4, -0.2) is 53.8 Å². The summed E-state index contributed by atoms with van der Waals surface area (Å²) < 4.78 is 0. The van der Waals surface area contributed by atoms with E-state index in [0.717, 1.165) is 26.2 Å². The van der Waals surface area contributed by atoms with Crippen LogP contribution in [0.15, 0.2) is 0 Å². The molecule has 0 bridgehead atoms. The molecule has 108 valence electrons. The summed E-state index contributed by atoms with van der Waals surface area (Å²) in [6.45, 7) is 3.32. The molecule has 2 fully saturated rings. The van der Waals surface area contributed by atoms with Crippen molar-refractivity contribution < 1.29 is 9.59 Å². The van der Waals surface area contributed by atoms with E-state index in [1.54, 1.807) is 4.90 Å². The third-order valence-electron chi connectivity index (χ3n) is 4.23. The molecule has 6 nitrogen and oxygen atoms in total. The van der Waals surface area contributed by atoms with Crippen LogP contribution in [0, 0.1) is 0 Å². The van der Waals surface area contributed by atoms with Crippen LogP contribution in [-0.2, 0) is 9.59 Å². The number of hydrazine groups is 1. The Kier molecular flexibility index (Phi) is 5.15. The SMILES string of the molecule is NNC(=O)CC(=O)N1CCN(C2CCCCC2)CC1. The van der Waals surface area contributed by atoms with Crippen molar-refractivity contribution >= 4 is 11.8 Å². The first-order valence-electron chi connectivity index (χ1n) is 7.22. The average Bonchev–Trinajstić information content (AvgIpc) is 2.48. The fourth-order valence-electron chi connectivity index (χ4n) is 3.08. The molecule has 0 aromatic carbocycles. The first-order chi connectivity index (χ1) is 9.20. The molecule has 0 unspecified atom stereocenters. The number of piperazine rings is 1. The molecule has 1 saturated carbocycles. The van der Waals surface area contributed by atoms with Crippen molar-refractivity contribution in [1.29, 1.82) is 0 Å². The second kappa shape index (κ2) is 6.86. The highest BCUT2D eigenvalue weighted by Crippen LogP contribution is 2.23. The number of nitrogens with one attached hydrogen (secondary N) is 1. The van der Waals surface area contributed by atoms with Crippen LogP contribution in [0.3, 0.4) is 0 Å². The molecule has 0 aromatic heterocycles. The lowest BCUT2D eigenvalue weighted by molar-refractivity contribution is -0.137. The third-order valence-corrected chi connectivity index (χ3v) is 4.23. The van der Waals surface area contributed by atoms with Crippen molar-refractivity contribution in [2.75, 3.05) is 26.2 Å². The van der Waals surface area contributed by atoms with Crippen LogP contribution < -0.4 is 11.3 Å². The van der Waals surface area contributed by atoms with Gasteiger partial charge < -0.3 is 4.90 Å². The maximum Gasteiger partial charge on any atom is 0.243 e. The summed E-state index contributed by atoms with van der Waals surface area (Å²) in [5, 5.41) is 0. The first kappa shape index (κ1) is 14.3.